The van der Waals surface area contributed by atoms with Crippen molar-refractivity contribution in [1.29, 1.82) is 0 Å². The van der Waals surface area contributed by atoms with Crippen LogP contribution in [0.4, 0.5) is 0 Å². The maximum absolute atomic E-state index is 13.8. The fraction of sp³-hybridized carbons (Fsp3) is 0.767. The van der Waals surface area contributed by atoms with Crippen LogP contribution in [0.25, 0.3) is 5.57 Å². The summed E-state index contributed by atoms with van der Waals surface area (Å²) in [5, 5.41) is 3.72. The number of fused-ring (bicyclic) bond motifs is 7. The summed E-state index contributed by atoms with van der Waals surface area (Å²) in [5.41, 5.74) is 3.72. The van der Waals surface area contributed by atoms with Crippen LogP contribution >= 0.6 is 0 Å². The Morgan fingerprint density at radius 1 is 0.882 bits per heavy atom. The van der Waals surface area contributed by atoms with Crippen molar-refractivity contribution in [2.75, 3.05) is 38.2 Å². The lowest BCUT2D eigenvalue weighted by Gasteiger charge is -2.72. The summed E-state index contributed by atoms with van der Waals surface area (Å²) in [6, 6.07) is 8.04. The molecule has 7 nitrogen and oxygen atoms in total. The van der Waals surface area contributed by atoms with E-state index in [-0.39, 0.29) is 50.6 Å². The van der Waals surface area contributed by atoms with Gasteiger partial charge in [0.15, 0.2) is 9.84 Å². The van der Waals surface area contributed by atoms with Crippen molar-refractivity contribution in [2.24, 2.45) is 57.2 Å². The lowest BCUT2D eigenvalue weighted by molar-refractivity contribution is -0.221. The maximum atomic E-state index is 13.8. The minimum absolute atomic E-state index is 0.0115. The number of esters is 1. The number of hydrogen-bond donors (Lipinski definition) is 1. The SMILES string of the molecule is COC(=O)c1ccc(C2=CC[C@]3(C)[C@H]4CC[C@@H]5[C@H]6[C@H](C(C)C)CC[C@]6(NC(=O)CN6CCS(=O)(=O)CC6)CC[C@@]5(C)[C@]4(C)CC[C@H]3C2(C)C)cc1. The second-order valence-corrected chi connectivity index (χ2v) is 21.7. The van der Waals surface area contributed by atoms with E-state index in [1.54, 1.807) is 0 Å². The van der Waals surface area contributed by atoms with Gasteiger partial charge in [0.1, 0.15) is 0 Å². The van der Waals surface area contributed by atoms with Crippen LogP contribution < -0.4 is 5.32 Å². The summed E-state index contributed by atoms with van der Waals surface area (Å²) in [4.78, 5) is 28.0. The minimum Gasteiger partial charge on any atom is -0.465 e. The molecule has 282 valence electrons. The van der Waals surface area contributed by atoms with Gasteiger partial charge < -0.3 is 10.1 Å². The summed E-state index contributed by atoms with van der Waals surface area (Å²) in [6.07, 6.45) is 13.1. The number of nitrogens with one attached hydrogen (secondary N) is 1. The first-order valence-electron chi connectivity index (χ1n) is 20.0. The Morgan fingerprint density at radius 2 is 1.57 bits per heavy atom. The number of allylic oxidation sites excluding steroid dienone is 2. The van der Waals surface area contributed by atoms with E-state index in [4.69, 9.17) is 4.74 Å². The molecular formula is C43H64N2O5S. The van der Waals surface area contributed by atoms with Crippen molar-refractivity contribution >= 4 is 27.3 Å². The molecule has 6 aliphatic rings. The molecule has 1 heterocycles. The third-order valence-electron chi connectivity index (χ3n) is 16.7. The average molecular weight is 721 g/mol. The van der Waals surface area contributed by atoms with Crippen LogP contribution in [0, 0.1) is 57.2 Å². The van der Waals surface area contributed by atoms with Gasteiger partial charge in [-0.25, -0.2) is 13.2 Å². The molecule has 1 aromatic carbocycles. The molecule has 4 saturated carbocycles. The zero-order valence-corrected chi connectivity index (χ0v) is 33.5. The van der Waals surface area contributed by atoms with Crippen LogP contribution in [0.1, 0.15) is 122 Å². The van der Waals surface area contributed by atoms with E-state index >= 15 is 0 Å². The van der Waals surface area contributed by atoms with Gasteiger partial charge in [-0.1, -0.05) is 66.7 Å². The molecule has 0 unspecified atom stereocenters. The highest BCUT2D eigenvalue weighted by Gasteiger charge is 2.70. The summed E-state index contributed by atoms with van der Waals surface area (Å²) in [5.74, 6) is 3.56. The number of benzene rings is 1. The Labute approximate surface area is 308 Å². The van der Waals surface area contributed by atoms with Crippen molar-refractivity contribution in [2.45, 2.75) is 112 Å². The van der Waals surface area contributed by atoms with E-state index in [0.29, 0.717) is 60.7 Å². The number of rotatable bonds is 6. The summed E-state index contributed by atoms with van der Waals surface area (Å²) in [7, 11) is -1.54. The highest BCUT2D eigenvalue weighted by Crippen LogP contribution is 2.76. The maximum Gasteiger partial charge on any atom is 0.337 e. The topological polar surface area (TPSA) is 92.8 Å². The van der Waals surface area contributed by atoms with Gasteiger partial charge in [0.25, 0.3) is 0 Å². The molecule has 1 aliphatic heterocycles. The molecule has 0 aromatic heterocycles. The number of hydrogen-bond acceptors (Lipinski definition) is 6. The normalized spacial score (nSPS) is 41.4. The standard InChI is InChI=1S/C43H64N2O5S/c1-28(2)31-15-20-43(44-36(46)27-45-23-25-51(48,49)26-24-45)22-21-41(6)33(37(31)43)13-14-35-40(5)18-16-32(29-9-11-30(12-10-29)38(47)50-8)39(3,4)34(40)17-19-42(35,41)7/h9-12,16,28,31,33-35,37H,13-15,17-27H2,1-8H3,(H,44,46)/t31-,33+,34-,35+,37+,40-,41+,42+,43-/m0/s1. The summed E-state index contributed by atoms with van der Waals surface area (Å²) in [6.45, 7) is 18.9. The molecule has 0 bridgehead atoms. The Morgan fingerprint density at radius 3 is 2.22 bits per heavy atom. The Bertz CT molecular complexity index is 1670. The molecule has 0 spiro atoms. The average Bonchev–Trinajstić information content (AvgIpc) is 3.45. The van der Waals surface area contributed by atoms with Crippen LogP contribution in [0.5, 0.6) is 0 Å². The van der Waals surface area contributed by atoms with Crippen LogP contribution in [-0.2, 0) is 19.4 Å². The van der Waals surface area contributed by atoms with Gasteiger partial charge in [-0.2, -0.15) is 0 Å². The van der Waals surface area contributed by atoms with Crippen molar-refractivity contribution in [3.63, 3.8) is 0 Å². The molecule has 8 heteroatoms. The van der Waals surface area contributed by atoms with E-state index in [1.807, 2.05) is 17.0 Å². The molecule has 0 radical (unpaired) electrons. The van der Waals surface area contributed by atoms with Crippen LogP contribution in [0.2, 0.25) is 0 Å². The highest BCUT2D eigenvalue weighted by atomic mass is 32.2. The molecule has 1 aromatic rings. The second kappa shape index (κ2) is 12.7. The molecule has 1 amide bonds. The second-order valence-electron chi connectivity index (χ2n) is 19.4. The van der Waals surface area contributed by atoms with Gasteiger partial charge >= 0.3 is 5.97 Å². The van der Waals surface area contributed by atoms with Crippen LogP contribution in [0.15, 0.2) is 30.3 Å². The van der Waals surface area contributed by atoms with Crippen molar-refractivity contribution in [1.82, 2.24) is 10.2 Å². The fourth-order valence-electron chi connectivity index (χ4n) is 14.0. The smallest absolute Gasteiger partial charge is 0.337 e. The van der Waals surface area contributed by atoms with E-state index in [2.05, 4.69) is 72.0 Å². The number of methoxy groups -OCH3 is 1. The molecule has 5 fully saturated rings. The largest absolute Gasteiger partial charge is 0.465 e. The Balaban J connectivity index is 1.15. The van der Waals surface area contributed by atoms with Crippen molar-refractivity contribution in [3.05, 3.63) is 41.5 Å². The number of ether oxygens (including phenoxy) is 1. The first kappa shape index (κ1) is 37.1. The third kappa shape index (κ3) is 5.77. The van der Waals surface area contributed by atoms with Crippen molar-refractivity contribution in [3.8, 4) is 0 Å². The number of nitrogens with zero attached hydrogens (tertiary/aromatic N) is 1. The van der Waals surface area contributed by atoms with Crippen LogP contribution in [0.3, 0.4) is 0 Å². The van der Waals surface area contributed by atoms with Gasteiger partial charge in [-0.15, -0.1) is 0 Å². The van der Waals surface area contributed by atoms with Gasteiger partial charge in [0.2, 0.25) is 5.91 Å². The molecule has 1 saturated heterocycles. The quantitative estimate of drug-likeness (QED) is 0.302. The van der Waals surface area contributed by atoms with Gasteiger partial charge in [0.05, 0.1) is 30.7 Å². The monoisotopic (exact) mass is 720 g/mol. The molecule has 51 heavy (non-hydrogen) atoms. The third-order valence-corrected chi connectivity index (χ3v) is 18.3. The first-order chi connectivity index (χ1) is 23.9. The first-order valence-corrected chi connectivity index (χ1v) is 21.9. The van der Waals surface area contributed by atoms with Crippen LogP contribution in [-0.4, -0.2) is 69.0 Å². The highest BCUT2D eigenvalue weighted by molar-refractivity contribution is 7.91. The van der Waals surface area contributed by atoms with E-state index in [1.165, 1.54) is 50.4 Å². The zero-order chi connectivity index (χ0) is 36.8. The van der Waals surface area contributed by atoms with Crippen molar-refractivity contribution < 1.29 is 22.7 Å². The predicted octanol–water partition coefficient (Wildman–Crippen LogP) is 7.80. The van der Waals surface area contributed by atoms with E-state index in [9.17, 15) is 18.0 Å². The number of carbonyl (C=O) groups excluding carboxylic acids is 2. The molecular weight excluding hydrogens is 657 g/mol. The molecule has 5 aliphatic carbocycles. The summed E-state index contributed by atoms with van der Waals surface area (Å²) < 4.78 is 29.0. The minimum atomic E-state index is -2.98. The van der Waals surface area contributed by atoms with Gasteiger partial charge in [-0.3, -0.25) is 9.69 Å². The molecule has 7 rings (SSSR count). The lowest BCUT2D eigenvalue weighted by Crippen LogP contribution is -2.68. The Hall–Kier alpha value is -2.19. The molecule has 1 N–H and O–H groups in total. The Kier molecular flexibility index (Phi) is 9.25. The predicted molar refractivity (Wildman–Crippen MR) is 204 cm³/mol. The van der Waals surface area contributed by atoms with Gasteiger partial charge in [-0.05, 0) is 138 Å². The summed E-state index contributed by atoms with van der Waals surface area (Å²) >= 11 is 0. The number of amides is 1. The number of sulfone groups is 1. The number of carbonyl (C=O) groups is 2. The zero-order valence-electron chi connectivity index (χ0n) is 32.6. The fourth-order valence-corrected chi connectivity index (χ4v) is 15.3. The van der Waals surface area contributed by atoms with Gasteiger partial charge in [0, 0.05) is 18.6 Å². The van der Waals surface area contributed by atoms with E-state index < -0.39 is 9.84 Å². The van der Waals surface area contributed by atoms with E-state index in [0.717, 1.165) is 25.7 Å². The lowest BCUT2D eigenvalue weighted by atomic mass is 9.33. The molecule has 9 atom stereocenters.